The molecule has 1 fully saturated rings. The second-order valence-electron chi connectivity index (χ2n) is 5.03. The van der Waals surface area contributed by atoms with Crippen LogP contribution < -0.4 is 0 Å². The first-order valence-electron chi connectivity index (χ1n) is 6.05. The van der Waals surface area contributed by atoms with Gasteiger partial charge in [-0.1, -0.05) is 0 Å². The summed E-state index contributed by atoms with van der Waals surface area (Å²) >= 11 is 0. The van der Waals surface area contributed by atoms with Crippen molar-refractivity contribution < 1.29 is 14.3 Å². The van der Waals surface area contributed by atoms with Crippen molar-refractivity contribution in [2.24, 2.45) is 0 Å². The molecule has 4 heteroatoms. The molecule has 0 saturated carbocycles. The van der Waals surface area contributed by atoms with Crippen molar-refractivity contribution in [2.45, 2.75) is 38.7 Å². The van der Waals surface area contributed by atoms with Crippen LogP contribution in [0.5, 0.6) is 0 Å². The van der Waals surface area contributed by atoms with E-state index in [-0.39, 0.29) is 5.91 Å². The summed E-state index contributed by atoms with van der Waals surface area (Å²) in [7, 11) is 0. The molecule has 0 aromatic carbocycles. The first-order valence-corrected chi connectivity index (χ1v) is 6.05. The first kappa shape index (κ1) is 12.2. The summed E-state index contributed by atoms with van der Waals surface area (Å²) in [6.07, 6.45) is 3.77. The molecule has 1 N–H and O–H groups in total. The second-order valence-corrected chi connectivity index (χ2v) is 5.03. The number of nitrogens with zero attached hydrogens (tertiary/aromatic N) is 1. The Morgan fingerprint density at radius 3 is 2.88 bits per heavy atom. The van der Waals surface area contributed by atoms with Crippen LogP contribution in [0.1, 0.15) is 42.3 Å². The van der Waals surface area contributed by atoms with Gasteiger partial charge in [0.25, 0.3) is 5.91 Å². The lowest BCUT2D eigenvalue weighted by Crippen LogP contribution is -2.33. The number of rotatable bonds is 1. The minimum atomic E-state index is -0.638. The zero-order valence-electron chi connectivity index (χ0n) is 10.4. The van der Waals surface area contributed by atoms with Gasteiger partial charge in [0.2, 0.25) is 0 Å². The molecule has 1 saturated heterocycles. The summed E-state index contributed by atoms with van der Waals surface area (Å²) in [6.45, 7) is 4.95. The Morgan fingerprint density at radius 1 is 1.47 bits per heavy atom. The van der Waals surface area contributed by atoms with Crippen LogP contribution in [0.3, 0.4) is 0 Å². The van der Waals surface area contributed by atoms with Gasteiger partial charge in [-0.3, -0.25) is 4.79 Å². The number of furan rings is 1. The Balaban J connectivity index is 2.08. The predicted molar refractivity (Wildman–Crippen MR) is 63.8 cm³/mol. The number of likely N-dealkylation sites (tertiary alicyclic amines) is 1. The Hall–Kier alpha value is -1.29. The van der Waals surface area contributed by atoms with E-state index in [2.05, 4.69) is 0 Å². The monoisotopic (exact) mass is 237 g/mol. The van der Waals surface area contributed by atoms with E-state index >= 15 is 0 Å². The molecule has 2 rings (SSSR count). The van der Waals surface area contributed by atoms with E-state index in [9.17, 15) is 9.90 Å². The third-order valence-electron chi connectivity index (χ3n) is 3.44. The van der Waals surface area contributed by atoms with Crippen molar-refractivity contribution in [1.29, 1.82) is 0 Å². The van der Waals surface area contributed by atoms with Gasteiger partial charge in [-0.25, -0.2) is 0 Å². The van der Waals surface area contributed by atoms with Gasteiger partial charge in [0, 0.05) is 13.1 Å². The van der Waals surface area contributed by atoms with Gasteiger partial charge in [-0.2, -0.15) is 0 Å². The van der Waals surface area contributed by atoms with Crippen LogP contribution >= 0.6 is 0 Å². The molecule has 0 radical (unpaired) electrons. The van der Waals surface area contributed by atoms with Crippen LogP contribution in [0.25, 0.3) is 0 Å². The zero-order valence-corrected chi connectivity index (χ0v) is 10.4. The molecule has 0 spiro atoms. The summed E-state index contributed by atoms with van der Waals surface area (Å²) in [5.74, 6) is 0.667. The van der Waals surface area contributed by atoms with E-state index in [1.807, 2.05) is 6.92 Å². The van der Waals surface area contributed by atoms with E-state index < -0.39 is 5.60 Å². The third-order valence-corrected chi connectivity index (χ3v) is 3.44. The second kappa shape index (κ2) is 4.53. The van der Waals surface area contributed by atoms with Crippen molar-refractivity contribution in [3.05, 3.63) is 23.7 Å². The summed E-state index contributed by atoms with van der Waals surface area (Å²) in [4.78, 5) is 14.0. The maximum absolute atomic E-state index is 12.2. The molecule has 1 aliphatic heterocycles. The fraction of sp³-hybridized carbons (Fsp3) is 0.615. The van der Waals surface area contributed by atoms with Gasteiger partial charge < -0.3 is 14.4 Å². The van der Waals surface area contributed by atoms with Crippen molar-refractivity contribution in [3.8, 4) is 0 Å². The van der Waals surface area contributed by atoms with E-state index in [1.54, 1.807) is 17.9 Å². The Labute approximate surface area is 101 Å². The summed E-state index contributed by atoms with van der Waals surface area (Å²) in [5, 5.41) is 9.98. The molecule has 1 amide bonds. The Kier molecular flexibility index (Phi) is 3.24. The average Bonchev–Trinajstić information content (AvgIpc) is 2.59. The summed E-state index contributed by atoms with van der Waals surface area (Å²) in [6, 6.07) is 1.71. The molecule has 0 aliphatic carbocycles. The number of amides is 1. The third kappa shape index (κ3) is 2.69. The number of hydrogen-bond acceptors (Lipinski definition) is 3. The molecule has 0 bridgehead atoms. The van der Waals surface area contributed by atoms with Gasteiger partial charge in [-0.15, -0.1) is 0 Å². The van der Waals surface area contributed by atoms with Gasteiger partial charge in [-0.05, 0) is 39.2 Å². The lowest BCUT2D eigenvalue weighted by molar-refractivity contribution is 0.0438. The van der Waals surface area contributed by atoms with Gasteiger partial charge in [0.1, 0.15) is 5.76 Å². The fourth-order valence-corrected chi connectivity index (χ4v) is 2.24. The van der Waals surface area contributed by atoms with Crippen molar-refractivity contribution in [1.82, 2.24) is 4.90 Å². The highest BCUT2D eigenvalue weighted by molar-refractivity contribution is 5.95. The molecule has 1 aliphatic rings. The lowest BCUT2D eigenvalue weighted by Gasteiger charge is -2.22. The maximum atomic E-state index is 12.2. The fourth-order valence-electron chi connectivity index (χ4n) is 2.24. The molecule has 2 heterocycles. The summed E-state index contributed by atoms with van der Waals surface area (Å²) in [5.41, 5.74) is -0.00736. The first-order chi connectivity index (χ1) is 7.99. The van der Waals surface area contributed by atoms with Crippen LogP contribution in [0.2, 0.25) is 0 Å². The molecule has 94 valence electrons. The molecule has 4 nitrogen and oxygen atoms in total. The molecule has 1 atom stereocenters. The highest BCUT2D eigenvalue weighted by Crippen LogP contribution is 2.23. The maximum Gasteiger partial charge on any atom is 0.257 e. The topological polar surface area (TPSA) is 53.7 Å². The van der Waals surface area contributed by atoms with E-state index in [0.717, 1.165) is 12.8 Å². The molecule has 1 unspecified atom stereocenters. The average molecular weight is 237 g/mol. The summed E-state index contributed by atoms with van der Waals surface area (Å²) < 4.78 is 5.15. The molecule has 1 aromatic rings. The van der Waals surface area contributed by atoms with Crippen molar-refractivity contribution >= 4 is 5.91 Å². The highest BCUT2D eigenvalue weighted by atomic mass is 16.3. The quantitative estimate of drug-likeness (QED) is 0.812. The van der Waals surface area contributed by atoms with E-state index in [1.165, 1.54) is 6.26 Å². The van der Waals surface area contributed by atoms with Crippen molar-refractivity contribution in [3.63, 3.8) is 0 Å². The Bertz CT molecular complexity index is 409. The molecular weight excluding hydrogens is 218 g/mol. The normalized spacial score (nSPS) is 25.7. The largest absolute Gasteiger partial charge is 0.469 e. The van der Waals surface area contributed by atoms with Crippen molar-refractivity contribution in [2.75, 3.05) is 13.1 Å². The number of carbonyl (C=O) groups is 1. The van der Waals surface area contributed by atoms with E-state index in [4.69, 9.17) is 4.42 Å². The van der Waals surface area contributed by atoms with Gasteiger partial charge >= 0.3 is 0 Å². The van der Waals surface area contributed by atoms with Crippen LogP contribution in [0.4, 0.5) is 0 Å². The smallest absolute Gasteiger partial charge is 0.257 e. The lowest BCUT2D eigenvalue weighted by atomic mass is 9.98. The van der Waals surface area contributed by atoms with Crippen LogP contribution in [0.15, 0.2) is 16.7 Å². The van der Waals surface area contributed by atoms with Crippen LogP contribution in [0, 0.1) is 6.92 Å². The number of aliphatic hydroxyl groups is 1. The van der Waals surface area contributed by atoms with E-state index in [0.29, 0.717) is 30.8 Å². The van der Waals surface area contributed by atoms with Gasteiger partial charge in [0.05, 0.1) is 17.4 Å². The Morgan fingerprint density at radius 2 is 2.24 bits per heavy atom. The minimum absolute atomic E-state index is 0.00829. The standard InChI is InChI=1S/C13H19NO3/c1-10-11(4-9-17-10)12(15)14-7-3-5-13(2,16)6-8-14/h4,9,16H,3,5-8H2,1-2H3. The highest BCUT2D eigenvalue weighted by Gasteiger charge is 2.28. The SMILES string of the molecule is Cc1occc1C(=O)N1CCCC(C)(O)CC1. The van der Waals surface area contributed by atoms with Crippen LogP contribution in [-0.2, 0) is 0 Å². The predicted octanol–water partition coefficient (Wildman–Crippen LogP) is 1.97. The number of carbonyl (C=O) groups excluding carboxylic acids is 1. The molecular formula is C13H19NO3. The zero-order chi connectivity index (χ0) is 12.5. The van der Waals surface area contributed by atoms with Crippen LogP contribution in [-0.4, -0.2) is 34.6 Å². The minimum Gasteiger partial charge on any atom is -0.469 e. The molecule has 17 heavy (non-hydrogen) atoms. The number of aryl methyl sites for hydroxylation is 1. The number of hydrogen-bond donors (Lipinski definition) is 1. The van der Waals surface area contributed by atoms with Gasteiger partial charge in [0.15, 0.2) is 0 Å². The molecule has 1 aromatic heterocycles.